The third-order valence-corrected chi connectivity index (χ3v) is 2.28. The van der Waals surface area contributed by atoms with Gasteiger partial charge in [-0.15, -0.1) is 0 Å². The number of nitrogens with two attached hydrogens (primary N) is 1. The van der Waals surface area contributed by atoms with Gasteiger partial charge in [0.15, 0.2) is 0 Å². The molecule has 0 amide bonds. The Kier molecular flexibility index (Phi) is 2.62. The second-order valence-electron chi connectivity index (χ2n) is 3.45. The van der Waals surface area contributed by atoms with E-state index in [0.717, 1.165) is 18.2 Å². The van der Waals surface area contributed by atoms with E-state index in [2.05, 4.69) is 9.97 Å². The molecule has 90 valence electrons. The fraction of sp³-hybridized carbons (Fsp3) is 0.200. The van der Waals surface area contributed by atoms with Crippen LogP contribution in [0.5, 0.6) is 0 Å². The zero-order chi connectivity index (χ0) is 12.6. The molecule has 4 nitrogen and oxygen atoms in total. The molecule has 17 heavy (non-hydrogen) atoms. The molecule has 0 saturated heterocycles. The lowest BCUT2D eigenvalue weighted by atomic mass is 10.1. The number of rotatable bonds is 1. The first-order valence-corrected chi connectivity index (χ1v) is 4.72. The predicted molar refractivity (Wildman–Crippen MR) is 55.3 cm³/mol. The number of nitrogens with zero attached hydrogens (tertiary/aromatic N) is 1. The van der Waals surface area contributed by atoms with Crippen LogP contribution in [0.1, 0.15) is 11.4 Å². The SMILES string of the molecule is NCc1nc2cc(C(F)(F)F)ccc2c(=O)[nH]1. The van der Waals surface area contributed by atoms with Gasteiger partial charge in [-0.3, -0.25) is 4.79 Å². The molecule has 7 heteroatoms. The van der Waals surface area contributed by atoms with Crippen LogP contribution in [0, 0.1) is 0 Å². The number of fused-ring (bicyclic) bond motifs is 1. The molecule has 2 rings (SSSR count). The first-order valence-electron chi connectivity index (χ1n) is 4.72. The van der Waals surface area contributed by atoms with Crippen LogP contribution >= 0.6 is 0 Å². The number of aromatic nitrogens is 2. The lowest BCUT2D eigenvalue weighted by molar-refractivity contribution is -0.137. The summed E-state index contributed by atoms with van der Waals surface area (Å²) in [5, 5.41) is 0.107. The molecule has 0 spiro atoms. The molecule has 1 aromatic carbocycles. The number of hydrogen-bond acceptors (Lipinski definition) is 3. The molecule has 1 heterocycles. The zero-order valence-corrected chi connectivity index (χ0v) is 8.51. The Hall–Kier alpha value is -1.89. The highest BCUT2D eigenvalue weighted by Crippen LogP contribution is 2.30. The second-order valence-corrected chi connectivity index (χ2v) is 3.45. The van der Waals surface area contributed by atoms with Crippen molar-refractivity contribution in [3.8, 4) is 0 Å². The predicted octanol–water partition coefficient (Wildman–Crippen LogP) is 1.40. The zero-order valence-electron chi connectivity index (χ0n) is 8.51. The topological polar surface area (TPSA) is 71.8 Å². The maximum Gasteiger partial charge on any atom is 0.416 e. The number of alkyl halides is 3. The van der Waals surface area contributed by atoms with Crippen molar-refractivity contribution in [1.29, 1.82) is 0 Å². The van der Waals surface area contributed by atoms with Crippen molar-refractivity contribution in [2.24, 2.45) is 5.73 Å². The van der Waals surface area contributed by atoms with E-state index in [1.54, 1.807) is 0 Å². The molecular weight excluding hydrogens is 235 g/mol. The van der Waals surface area contributed by atoms with Crippen LogP contribution in [0.25, 0.3) is 10.9 Å². The Balaban J connectivity index is 2.72. The van der Waals surface area contributed by atoms with Gasteiger partial charge in [-0.1, -0.05) is 0 Å². The summed E-state index contributed by atoms with van der Waals surface area (Å²) in [7, 11) is 0. The normalized spacial score (nSPS) is 12.0. The summed E-state index contributed by atoms with van der Waals surface area (Å²) < 4.78 is 37.4. The van der Waals surface area contributed by atoms with Crippen LogP contribution in [-0.2, 0) is 12.7 Å². The maximum atomic E-state index is 12.5. The standard InChI is InChI=1S/C10H8F3N3O/c11-10(12,13)5-1-2-6-7(3-5)15-8(4-14)16-9(6)17/h1-3H,4,14H2,(H,15,16,17). The maximum absolute atomic E-state index is 12.5. The molecule has 1 aromatic heterocycles. The van der Waals surface area contributed by atoms with Crippen LogP contribution in [0.3, 0.4) is 0 Å². The Morgan fingerprint density at radius 1 is 1.35 bits per heavy atom. The molecule has 0 bridgehead atoms. The largest absolute Gasteiger partial charge is 0.416 e. The molecule has 0 saturated carbocycles. The fourth-order valence-electron chi connectivity index (χ4n) is 1.46. The van der Waals surface area contributed by atoms with Crippen LogP contribution in [0.2, 0.25) is 0 Å². The second kappa shape index (κ2) is 3.85. The summed E-state index contributed by atoms with van der Waals surface area (Å²) in [6.07, 6.45) is -4.46. The minimum atomic E-state index is -4.46. The van der Waals surface area contributed by atoms with Crippen LogP contribution in [-0.4, -0.2) is 9.97 Å². The van der Waals surface area contributed by atoms with Crippen LogP contribution in [0.15, 0.2) is 23.0 Å². The molecule has 2 aromatic rings. The quantitative estimate of drug-likeness (QED) is 0.795. The Labute approximate surface area is 93.3 Å². The number of halogens is 3. The minimum absolute atomic E-state index is 0.0102. The third kappa shape index (κ3) is 2.14. The van der Waals surface area contributed by atoms with E-state index >= 15 is 0 Å². The van der Waals surface area contributed by atoms with E-state index in [0.29, 0.717) is 0 Å². The first-order chi connectivity index (χ1) is 7.91. The van der Waals surface area contributed by atoms with Gasteiger partial charge in [-0.2, -0.15) is 13.2 Å². The number of benzene rings is 1. The van der Waals surface area contributed by atoms with Gasteiger partial charge in [0.2, 0.25) is 0 Å². The first kappa shape index (κ1) is 11.6. The van der Waals surface area contributed by atoms with Crippen molar-refractivity contribution < 1.29 is 13.2 Å². The van der Waals surface area contributed by atoms with Crippen LogP contribution < -0.4 is 11.3 Å². The van der Waals surface area contributed by atoms with Gasteiger partial charge < -0.3 is 10.7 Å². The highest BCUT2D eigenvalue weighted by atomic mass is 19.4. The molecule has 0 atom stereocenters. The summed E-state index contributed by atoms with van der Waals surface area (Å²) >= 11 is 0. The monoisotopic (exact) mass is 243 g/mol. The Bertz CT molecular complexity index is 618. The molecule has 0 fully saturated rings. The van der Waals surface area contributed by atoms with E-state index in [1.165, 1.54) is 0 Å². The number of nitrogens with one attached hydrogen (secondary N) is 1. The Morgan fingerprint density at radius 3 is 2.65 bits per heavy atom. The number of H-pyrrole nitrogens is 1. The van der Waals surface area contributed by atoms with E-state index in [4.69, 9.17) is 5.73 Å². The average molecular weight is 243 g/mol. The highest BCUT2D eigenvalue weighted by Gasteiger charge is 2.30. The van der Waals surface area contributed by atoms with Crippen molar-refractivity contribution >= 4 is 10.9 Å². The van der Waals surface area contributed by atoms with E-state index in [-0.39, 0.29) is 23.3 Å². The summed E-state index contributed by atoms with van der Waals surface area (Å²) in [6, 6.07) is 2.79. The summed E-state index contributed by atoms with van der Waals surface area (Å²) in [5.74, 6) is 0.154. The van der Waals surface area contributed by atoms with Gasteiger partial charge in [0.05, 0.1) is 23.0 Å². The Morgan fingerprint density at radius 2 is 2.06 bits per heavy atom. The molecule has 0 radical (unpaired) electrons. The van der Waals surface area contributed by atoms with Crippen LogP contribution in [0.4, 0.5) is 13.2 Å². The van der Waals surface area contributed by atoms with E-state index in [9.17, 15) is 18.0 Å². The third-order valence-electron chi connectivity index (χ3n) is 2.28. The average Bonchev–Trinajstić information content (AvgIpc) is 2.27. The van der Waals surface area contributed by atoms with E-state index < -0.39 is 17.3 Å². The van der Waals surface area contributed by atoms with Crippen molar-refractivity contribution in [3.05, 3.63) is 39.9 Å². The molecule has 0 aliphatic carbocycles. The summed E-state index contributed by atoms with van der Waals surface area (Å²) in [6.45, 7) is -0.0403. The van der Waals surface area contributed by atoms with Gasteiger partial charge in [0, 0.05) is 0 Å². The lowest BCUT2D eigenvalue weighted by Gasteiger charge is -2.07. The minimum Gasteiger partial charge on any atom is -0.324 e. The van der Waals surface area contributed by atoms with Crippen molar-refractivity contribution in [1.82, 2.24) is 9.97 Å². The van der Waals surface area contributed by atoms with E-state index in [1.807, 2.05) is 0 Å². The summed E-state index contributed by atoms with van der Waals surface area (Å²) in [5.41, 5.74) is 3.93. The molecule has 0 aliphatic heterocycles. The van der Waals surface area contributed by atoms with Gasteiger partial charge in [-0.25, -0.2) is 4.98 Å². The lowest BCUT2D eigenvalue weighted by Crippen LogP contribution is -2.15. The number of aromatic amines is 1. The van der Waals surface area contributed by atoms with Gasteiger partial charge >= 0.3 is 6.18 Å². The number of hydrogen-bond donors (Lipinski definition) is 2. The highest BCUT2D eigenvalue weighted by molar-refractivity contribution is 5.78. The fourth-order valence-corrected chi connectivity index (χ4v) is 1.46. The van der Waals surface area contributed by atoms with Crippen molar-refractivity contribution in [3.63, 3.8) is 0 Å². The molecule has 0 aliphatic rings. The molecule has 0 unspecified atom stereocenters. The van der Waals surface area contributed by atoms with Gasteiger partial charge in [-0.05, 0) is 18.2 Å². The molecule has 3 N–H and O–H groups in total. The summed E-state index contributed by atoms with van der Waals surface area (Å²) in [4.78, 5) is 17.7. The van der Waals surface area contributed by atoms with Crippen molar-refractivity contribution in [2.45, 2.75) is 12.7 Å². The van der Waals surface area contributed by atoms with Gasteiger partial charge in [0.1, 0.15) is 5.82 Å². The van der Waals surface area contributed by atoms with Gasteiger partial charge in [0.25, 0.3) is 5.56 Å². The van der Waals surface area contributed by atoms with Crippen molar-refractivity contribution in [2.75, 3.05) is 0 Å². The smallest absolute Gasteiger partial charge is 0.324 e. The molecular formula is C10H8F3N3O.